The van der Waals surface area contributed by atoms with E-state index in [0.717, 1.165) is 38.5 Å². The van der Waals surface area contributed by atoms with Crippen molar-refractivity contribution in [3.05, 3.63) is 61.0 Å². The van der Waals surface area contributed by atoms with Crippen LogP contribution in [0.3, 0.4) is 0 Å². The number of unbranched alkanes of at least 4 members (excludes halogenated alkanes) is 6. The SMILES string of the molecule is CCCCC/C=C\C/C=C\C/C=C\CCCCCC(C)(CC(=O)O)C(=O)Oc1cccnc1. The Morgan fingerprint density at radius 2 is 1.61 bits per heavy atom. The monoisotopic (exact) mass is 455 g/mol. The van der Waals surface area contributed by atoms with Gasteiger partial charge in [0, 0.05) is 6.20 Å². The predicted molar refractivity (Wildman–Crippen MR) is 134 cm³/mol. The van der Waals surface area contributed by atoms with E-state index in [9.17, 15) is 14.7 Å². The highest BCUT2D eigenvalue weighted by atomic mass is 16.5. The van der Waals surface area contributed by atoms with E-state index in [-0.39, 0.29) is 6.42 Å². The number of hydrogen-bond donors (Lipinski definition) is 1. The summed E-state index contributed by atoms with van der Waals surface area (Å²) in [6.45, 7) is 3.90. The molecule has 0 saturated carbocycles. The van der Waals surface area contributed by atoms with Crippen LogP contribution in [0.15, 0.2) is 61.0 Å². The van der Waals surface area contributed by atoms with Gasteiger partial charge < -0.3 is 9.84 Å². The van der Waals surface area contributed by atoms with Crippen molar-refractivity contribution in [3.8, 4) is 5.75 Å². The van der Waals surface area contributed by atoms with Gasteiger partial charge in [0.2, 0.25) is 0 Å². The van der Waals surface area contributed by atoms with Gasteiger partial charge in [0.05, 0.1) is 18.0 Å². The lowest BCUT2D eigenvalue weighted by Crippen LogP contribution is -2.34. The van der Waals surface area contributed by atoms with Crippen molar-refractivity contribution in [2.24, 2.45) is 5.41 Å². The van der Waals surface area contributed by atoms with E-state index in [2.05, 4.69) is 48.4 Å². The summed E-state index contributed by atoms with van der Waals surface area (Å²) < 4.78 is 5.37. The molecule has 1 atom stereocenters. The molecule has 1 aromatic heterocycles. The minimum atomic E-state index is -1.05. The maximum atomic E-state index is 12.6. The Balaban J connectivity index is 2.24. The summed E-state index contributed by atoms with van der Waals surface area (Å²) in [4.78, 5) is 27.9. The van der Waals surface area contributed by atoms with Crippen LogP contribution in [0.5, 0.6) is 5.75 Å². The number of esters is 1. The Bertz CT molecular complexity index is 754. The lowest BCUT2D eigenvalue weighted by atomic mass is 9.81. The molecule has 5 nitrogen and oxygen atoms in total. The van der Waals surface area contributed by atoms with Gasteiger partial charge in [0.1, 0.15) is 5.75 Å². The number of carboxylic acids is 1. The molecule has 33 heavy (non-hydrogen) atoms. The second-order valence-electron chi connectivity index (χ2n) is 8.69. The van der Waals surface area contributed by atoms with E-state index in [1.54, 1.807) is 25.3 Å². The van der Waals surface area contributed by atoms with Gasteiger partial charge >= 0.3 is 11.9 Å². The first-order valence-corrected chi connectivity index (χ1v) is 12.3. The Hall–Kier alpha value is -2.69. The van der Waals surface area contributed by atoms with Crippen LogP contribution < -0.4 is 4.74 Å². The number of pyridine rings is 1. The Morgan fingerprint density at radius 3 is 2.18 bits per heavy atom. The summed E-state index contributed by atoms with van der Waals surface area (Å²) >= 11 is 0. The zero-order chi connectivity index (χ0) is 24.2. The smallest absolute Gasteiger partial charge is 0.317 e. The molecule has 0 aliphatic heterocycles. The fourth-order valence-electron chi connectivity index (χ4n) is 3.48. The molecule has 0 saturated heterocycles. The standard InChI is InChI=1S/C28H41NO4/c1-3-4-5-6-7-8-9-10-11-12-13-14-15-16-17-18-21-28(2,23-26(30)31)27(32)33-25-20-19-22-29-24-25/h7-8,10-11,13-14,19-20,22,24H,3-6,9,12,15-18,21,23H2,1-2H3,(H,30,31)/b8-7-,11-10-,14-13-. The number of aromatic nitrogens is 1. The second kappa shape index (κ2) is 17.8. The second-order valence-corrected chi connectivity index (χ2v) is 8.69. The fourth-order valence-corrected chi connectivity index (χ4v) is 3.48. The van der Waals surface area contributed by atoms with Crippen LogP contribution in [-0.2, 0) is 9.59 Å². The van der Waals surface area contributed by atoms with Crippen LogP contribution in [0.2, 0.25) is 0 Å². The van der Waals surface area contributed by atoms with E-state index in [1.165, 1.54) is 31.9 Å². The molecule has 1 unspecified atom stereocenters. The average molecular weight is 456 g/mol. The normalized spacial score (nSPS) is 13.6. The van der Waals surface area contributed by atoms with Crippen LogP contribution in [-0.4, -0.2) is 22.0 Å². The molecule has 0 fully saturated rings. The maximum absolute atomic E-state index is 12.6. The van der Waals surface area contributed by atoms with Crippen LogP contribution in [0.1, 0.15) is 90.9 Å². The molecule has 1 aromatic rings. The molecule has 1 N–H and O–H groups in total. The average Bonchev–Trinajstić information content (AvgIpc) is 2.79. The zero-order valence-corrected chi connectivity index (χ0v) is 20.4. The number of carbonyl (C=O) groups is 2. The fraction of sp³-hybridized carbons (Fsp3) is 0.536. The number of ether oxygens (including phenoxy) is 1. The summed E-state index contributed by atoms with van der Waals surface area (Å²) in [5, 5.41) is 9.26. The first-order valence-electron chi connectivity index (χ1n) is 12.3. The Morgan fingerprint density at radius 1 is 0.970 bits per heavy atom. The van der Waals surface area contributed by atoms with Crippen molar-refractivity contribution in [2.45, 2.75) is 90.9 Å². The molecule has 0 amide bonds. The topological polar surface area (TPSA) is 76.5 Å². The first kappa shape index (κ1) is 28.3. The summed E-state index contributed by atoms with van der Waals surface area (Å²) in [6, 6.07) is 3.31. The molecule has 5 heteroatoms. The van der Waals surface area contributed by atoms with Crippen molar-refractivity contribution in [2.75, 3.05) is 0 Å². The zero-order valence-electron chi connectivity index (χ0n) is 20.4. The number of allylic oxidation sites excluding steroid dienone is 6. The van der Waals surface area contributed by atoms with Gasteiger partial charge in [-0.25, -0.2) is 0 Å². The van der Waals surface area contributed by atoms with Gasteiger partial charge in [0.15, 0.2) is 0 Å². The molecule has 1 heterocycles. The minimum Gasteiger partial charge on any atom is -0.481 e. The minimum absolute atomic E-state index is 0.244. The molecule has 0 aliphatic rings. The van der Waals surface area contributed by atoms with Gasteiger partial charge in [-0.15, -0.1) is 0 Å². The van der Waals surface area contributed by atoms with E-state index in [1.807, 2.05) is 0 Å². The summed E-state index contributed by atoms with van der Waals surface area (Å²) in [7, 11) is 0. The molecule has 182 valence electrons. The number of hydrogen-bond acceptors (Lipinski definition) is 4. The largest absolute Gasteiger partial charge is 0.481 e. The number of carbonyl (C=O) groups excluding carboxylic acids is 1. The number of rotatable bonds is 18. The molecule has 0 bridgehead atoms. The highest BCUT2D eigenvalue weighted by Gasteiger charge is 2.37. The van der Waals surface area contributed by atoms with Gasteiger partial charge in [-0.1, -0.05) is 69.1 Å². The van der Waals surface area contributed by atoms with Crippen molar-refractivity contribution < 1.29 is 19.4 Å². The van der Waals surface area contributed by atoms with Gasteiger partial charge in [0.25, 0.3) is 0 Å². The maximum Gasteiger partial charge on any atom is 0.317 e. The number of aliphatic carboxylic acids is 1. The predicted octanol–water partition coefficient (Wildman–Crippen LogP) is 7.45. The van der Waals surface area contributed by atoms with Crippen molar-refractivity contribution in [1.29, 1.82) is 0 Å². The number of carboxylic acid groups (broad SMARTS) is 1. The summed E-state index contributed by atoms with van der Waals surface area (Å²) in [5.74, 6) is -1.18. The van der Waals surface area contributed by atoms with Crippen LogP contribution in [0, 0.1) is 5.41 Å². The van der Waals surface area contributed by atoms with E-state index in [4.69, 9.17) is 4.74 Å². The van der Waals surface area contributed by atoms with Crippen molar-refractivity contribution >= 4 is 11.9 Å². The molecule has 0 spiro atoms. The molecule has 0 radical (unpaired) electrons. The third-order valence-corrected chi connectivity index (χ3v) is 5.50. The molecule has 0 aromatic carbocycles. The van der Waals surface area contributed by atoms with E-state index >= 15 is 0 Å². The Labute approximate surface area is 199 Å². The van der Waals surface area contributed by atoms with Crippen LogP contribution in [0.25, 0.3) is 0 Å². The van der Waals surface area contributed by atoms with Gasteiger partial charge in [-0.3, -0.25) is 14.6 Å². The van der Waals surface area contributed by atoms with Gasteiger partial charge in [-0.05, 0) is 64.0 Å². The molecule has 0 aliphatic carbocycles. The summed E-state index contributed by atoms with van der Waals surface area (Å²) in [6.07, 6.45) is 27.3. The van der Waals surface area contributed by atoms with Crippen LogP contribution >= 0.6 is 0 Å². The Kier molecular flexibility index (Phi) is 15.3. The highest BCUT2D eigenvalue weighted by Crippen LogP contribution is 2.31. The van der Waals surface area contributed by atoms with Crippen molar-refractivity contribution in [3.63, 3.8) is 0 Å². The lowest BCUT2D eigenvalue weighted by molar-refractivity contribution is -0.153. The van der Waals surface area contributed by atoms with Crippen LogP contribution in [0.4, 0.5) is 0 Å². The molecule has 1 rings (SSSR count). The molecular formula is C28H41NO4. The third-order valence-electron chi connectivity index (χ3n) is 5.50. The molecular weight excluding hydrogens is 414 g/mol. The summed E-state index contributed by atoms with van der Waals surface area (Å²) in [5.41, 5.74) is -1.05. The highest BCUT2D eigenvalue weighted by molar-refractivity contribution is 5.83. The number of nitrogens with zero attached hydrogens (tertiary/aromatic N) is 1. The van der Waals surface area contributed by atoms with Crippen molar-refractivity contribution in [1.82, 2.24) is 4.98 Å². The van der Waals surface area contributed by atoms with E-state index < -0.39 is 17.4 Å². The first-order chi connectivity index (χ1) is 16.0. The third kappa shape index (κ3) is 14.1. The van der Waals surface area contributed by atoms with E-state index in [0.29, 0.717) is 12.2 Å². The quantitative estimate of drug-likeness (QED) is 0.141. The lowest BCUT2D eigenvalue weighted by Gasteiger charge is -2.25. The van der Waals surface area contributed by atoms with Gasteiger partial charge in [-0.2, -0.15) is 0 Å².